The molecule has 0 atom stereocenters. The van der Waals surface area contributed by atoms with Crippen LogP contribution in [0.2, 0.25) is 0 Å². The van der Waals surface area contributed by atoms with E-state index < -0.39 is 17.7 Å². The van der Waals surface area contributed by atoms with E-state index in [0.717, 1.165) is 25.0 Å². The first kappa shape index (κ1) is 20.3. The Morgan fingerprint density at radius 3 is 2.69 bits per heavy atom. The molecule has 152 valence electrons. The summed E-state index contributed by atoms with van der Waals surface area (Å²) in [5.74, 6) is -0.382. The number of hydrogen-bond acceptors (Lipinski definition) is 6. The second kappa shape index (κ2) is 8.68. The number of piperidine rings is 1. The first-order valence-electron chi connectivity index (χ1n) is 9.04. The molecule has 1 saturated heterocycles. The average Bonchev–Trinajstić information content (AvgIpc) is 2.71. The minimum atomic E-state index is -0.894. The van der Waals surface area contributed by atoms with Gasteiger partial charge in [0.2, 0.25) is 0 Å². The summed E-state index contributed by atoms with van der Waals surface area (Å²) in [4.78, 5) is 22.6. The summed E-state index contributed by atoms with van der Waals surface area (Å²) in [6.45, 7) is 1.70. The normalized spacial score (nSPS) is 14.3. The molecule has 0 aliphatic carbocycles. The minimum Gasteiger partial charge on any atom is -0.465 e. The zero-order chi connectivity index (χ0) is 21.0. The van der Waals surface area contributed by atoms with E-state index in [1.165, 1.54) is 11.2 Å². The summed E-state index contributed by atoms with van der Waals surface area (Å²) in [6.07, 6.45) is 1.96. The van der Waals surface area contributed by atoms with Crippen LogP contribution < -0.4 is 10.2 Å². The number of nitriles is 1. The number of nitrogens with zero attached hydrogens (tertiary/aromatic N) is 5. The lowest BCUT2D eigenvalue weighted by atomic mass is 9.96. The highest BCUT2D eigenvalue weighted by molar-refractivity contribution is 5.65. The quantitative estimate of drug-likeness (QED) is 0.791. The number of amides is 1. The summed E-state index contributed by atoms with van der Waals surface area (Å²) in [5.41, 5.74) is -0.500. The van der Waals surface area contributed by atoms with Crippen molar-refractivity contribution in [3.05, 3.63) is 41.7 Å². The lowest BCUT2D eigenvalue weighted by molar-refractivity contribution is 0.125. The van der Waals surface area contributed by atoms with Gasteiger partial charge in [-0.05, 0) is 24.8 Å². The molecule has 1 amide bonds. The van der Waals surface area contributed by atoms with Crippen LogP contribution in [0.5, 0.6) is 0 Å². The Balaban J connectivity index is 1.66. The monoisotopic (exact) mass is 402 g/mol. The fourth-order valence-corrected chi connectivity index (χ4v) is 3.28. The van der Waals surface area contributed by atoms with Crippen LogP contribution >= 0.6 is 0 Å². The largest absolute Gasteiger partial charge is 0.465 e. The molecular weight excluding hydrogens is 382 g/mol. The number of hydrogen-bond donors (Lipinski definition) is 2. The zero-order valence-corrected chi connectivity index (χ0v) is 15.8. The van der Waals surface area contributed by atoms with Gasteiger partial charge in [0, 0.05) is 38.8 Å². The third-order valence-electron chi connectivity index (χ3n) is 4.90. The predicted octanol–water partition coefficient (Wildman–Crippen LogP) is 3.20. The molecule has 2 aromatic rings. The maximum Gasteiger partial charge on any atom is 0.407 e. The van der Waals surface area contributed by atoms with E-state index in [1.54, 1.807) is 12.1 Å². The lowest BCUT2D eigenvalue weighted by Crippen LogP contribution is -2.40. The molecule has 1 aliphatic rings. The van der Waals surface area contributed by atoms with E-state index >= 15 is 0 Å². The fourth-order valence-electron chi connectivity index (χ4n) is 3.28. The van der Waals surface area contributed by atoms with E-state index in [-0.39, 0.29) is 17.1 Å². The summed E-state index contributed by atoms with van der Waals surface area (Å²) in [7, 11) is 1.86. The van der Waals surface area contributed by atoms with Crippen molar-refractivity contribution in [1.29, 1.82) is 5.26 Å². The van der Waals surface area contributed by atoms with Crippen LogP contribution in [0, 0.1) is 28.9 Å². The van der Waals surface area contributed by atoms with Crippen LogP contribution in [-0.4, -0.2) is 52.7 Å². The Bertz CT molecular complexity index is 941. The van der Waals surface area contributed by atoms with Crippen LogP contribution in [0.4, 0.5) is 30.9 Å². The fraction of sp³-hybridized carbons (Fsp3) is 0.368. The number of likely N-dealkylation sites (tertiary alicyclic amines) is 1. The van der Waals surface area contributed by atoms with Crippen molar-refractivity contribution >= 4 is 23.4 Å². The van der Waals surface area contributed by atoms with Gasteiger partial charge in [-0.2, -0.15) is 5.26 Å². The van der Waals surface area contributed by atoms with E-state index in [9.17, 15) is 13.6 Å². The SMILES string of the molecule is CN(CC1CCN(C(=O)O)CC1)c1cc(Nc2cc(F)c(C#N)cc2F)ncn1. The van der Waals surface area contributed by atoms with Crippen LogP contribution in [0.1, 0.15) is 18.4 Å². The van der Waals surface area contributed by atoms with E-state index in [2.05, 4.69) is 15.3 Å². The van der Waals surface area contributed by atoms with Gasteiger partial charge < -0.3 is 20.2 Å². The van der Waals surface area contributed by atoms with E-state index in [1.807, 2.05) is 11.9 Å². The molecule has 0 saturated carbocycles. The molecular formula is C19H20F2N6O2. The standard InChI is InChI=1S/C19H20F2N6O2/c1-26(10-12-2-4-27(5-3-12)19(28)29)18-8-17(23-11-24-18)25-16-7-14(20)13(9-22)6-15(16)21/h6-8,11-12H,2-5,10H2,1H3,(H,28,29)(H,23,24,25). The van der Waals surface area contributed by atoms with Crippen molar-refractivity contribution in [3.63, 3.8) is 0 Å². The zero-order valence-electron chi connectivity index (χ0n) is 15.8. The molecule has 3 rings (SSSR count). The van der Waals surface area contributed by atoms with E-state index in [0.29, 0.717) is 31.4 Å². The lowest BCUT2D eigenvalue weighted by Gasteiger charge is -2.32. The Labute approximate surface area is 166 Å². The Morgan fingerprint density at radius 1 is 1.31 bits per heavy atom. The number of aromatic nitrogens is 2. The van der Waals surface area contributed by atoms with Gasteiger partial charge in [-0.3, -0.25) is 0 Å². The number of benzene rings is 1. The van der Waals surface area contributed by atoms with Crippen molar-refractivity contribution in [2.24, 2.45) is 5.92 Å². The second-order valence-electron chi connectivity index (χ2n) is 6.90. The molecule has 1 fully saturated rings. The second-order valence-corrected chi connectivity index (χ2v) is 6.90. The number of anilines is 3. The Kier molecular flexibility index (Phi) is 6.07. The van der Waals surface area contributed by atoms with Crippen LogP contribution in [-0.2, 0) is 0 Å². The van der Waals surface area contributed by atoms with Gasteiger partial charge in [0.05, 0.1) is 11.3 Å². The van der Waals surface area contributed by atoms with E-state index in [4.69, 9.17) is 10.4 Å². The first-order valence-corrected chi connectivity index (χ1v) is 9.04. The molecule has 2 heterocycles. The third-order valence-corrected chi connectivity index (χ3v) is 4.90. The van der Waals surface area contributed by atoms with Crippen LogP contribution in [0.15, 0.2) is 24.5 Å². The van der Waals surface area contributed by atoms with Gasteiger partial charge in [-0.15, -0.1) is 0 Å². The number of carboxylic acid groups (broad SMARTS) is 1. The molecule has 1 aromatic carbocycles. The summed E-state index contributed by atoms with van der Waals surface area (Å²) < 4.78 is 27.8. The average molecular weight is 402 g/mol. The van der Waals surface area contributed by atoms with Gasteiger partial charge in [-0.25, -0.2) is 23.5 Å². The van der Waals surface area contributed by atoms with Gasteiger partial charge in [0.25, 0.3) is 0 Å². The molecule has 2 N–H and O–H groups in total. The molecule has 0 spiro atoms. The van der Waals surface area contributed by atoms with Crippen LogP contribution in [0.25, 0.3) is 0 Å². The van der Waals surface area contributed by atoms with Gasteiger partial charge >= 0.3 is 6.09 Å². The Morgan fingerprint density at radius 2 is 2.03 bits per heavy atom. The molecule has 0 radical (unpaired) electrons. The van der Waals surface area contributed by atoms with Gasteiger partial charge in [-0.1, -0.05) is 0 Å². The molecule has 1 aliphatic heterocycles. The summed E-state index contributed by atoms with van der Waals surface area (Å²) in [6, 6.07) is 4.94. The molecule has 0 unspecified atom stereocenters. The number of nitrogens with one attached hydrogen (secondary N) is 1. The van der Waals surface area contributed by atoms with Crippen molar-refractivity contribution in [2.45, 2.75) is 12.8 Å². The first-order chi connectivity index (χ1) is 13.9. The smallest absolute Gasteiger partial charge is 0.407 e. The Hall–Kier alpha value is -3.48. The number of carbonyl (C=O) groups is 1. The maximum atomic E-state index is 14.1. The third kappa shape index (κ3) is 4.87. The minimum absolute atomic E-state index is 0.130. The van der Waals surface area contributed by atoms with Crippen molar-refractivity contribution < 1.29 is 18.7 Å². The molecule has 8 nitrogen and oxygen atoms in total. The summed E-state index contributed by atoms with van der Waals surface area (Å²) in [5, 5.41) is 20.5. The predicted molar refractivity (Wildman–Crippen MR) is 102 cm³/mol. The van der Waals surface area contributed by atoms with Crippen molar-refractivity contribution in [3.8, 4) is 6.07 Å². The maximum absolute atomic E-state index is 14.1. The number of halogens is 2. The highest BCUT2D eigenvalue weighted by Crippen LogP contribution is 2.25. The van der Waals surface area contributed by atoms with Crippen molar-refractivity contribution in [1.82, 2.24) is 14.9 Å². The molecule has 1 aromatic heterocycles. The topological polar surface area (TPSA) is 105 Å². The molecule has 10 heteroatoms. The van der Waals surface area contributed by atoms with Crippen LogP contribution in [0.3, 0.4) is 0 Å². The molecule has 29 heavy (non-hydrogen) atoms. The highest BCUT2D eigenvalue weighted by atomic mass is 19.1. The van der Waals surface area contributed by atoms with Gasteiger partial charge in [0.15, 0.2) is 0 Å². The molecule has 0 bridgehead atoms. The number of rotatable bonds is 5. The van der Waals surface area contributed by atoms with Crippen molar-refractivity contribution in [2.75, 3.05) is 36.9 Å². The highest BCUT2D eigenvalue weighted by Gasteiger charge is 2.23. The van der Waals surface area contributed by atoms with Gasteiger partial charge in [0.1, 0.15) is 35.7 Å². The summed E-state index contributed by atoms with van der Waals surface area (Å²) >= 11 is 0.